The van der Waals surface area contributed by atoms with Crippen LogP contribution in [-0.4, -0.2) is 4.98 Å². The van der Waals surface area contributed by atoms with Gasteiger partial charge in [-0.2, -0.15) is 5.26 Å². The van der Waals surface area contributed by atoms with E-state index in [4.69, 9.17) is 11.0 Å². The van der Waals surface area contributed by atoms with Crippen LogP contribution in [0.15, 0.2) is 11.4 Å². The second-order valence-corrected chi connectivity index (χ2v) is 3.66. The van der Waals surface area contributed by atoms with Gasteiger partial charge < -0.3 is 5.73 Å². The van der Waals surface area contributed by atoms with Crippen LogP contribution in [0.25, 0.3) is 10.2 Å². The molecule has 2 N–H and O–H groups in total. The zero-order chi connectivity index (χ0) is 9.42. The molecule has 3 nitrogen and oxygen atoms in total. The van der Waals surface area contributed by atoms with Gasteiger partial charge in [0.05, 0.1) is 5.56 Å². The molecular formula is C9H7N3S. The van der Waals surface area contributed by atoms with E-state index >= 15 is 0 Å². The summed E-state index contributed by atoms with van der Waals surface area (Å²) in [6, 6.07) is 3.82. The first-order valence-corrected chi connectivity index (χ1v) is 4.65. The molecule has 0 atom stereocenters. The summed E-state index contributed by atoms with van der Waals surface area (Å²) in [4.78, 5) is 5.04. The summed E-state index contributed by atoms with van der Waals surface area (Å²) in [5, 5.41) is 11.8. The van der Waals surface area contributed by atoms with Gasteiger partial charge in [0.2, 0.25) is 0 Å². The molecule has 0 fully saturated rings. The molecule has 0 aliphatic heterocycles. The molecule has 64 valence electrons. The zero-order valence-electron chi connectivity index (χ0n) is 7.03. The van der Waals surface area contributed by atoms with E-state index in [-0.39, 0.29) is 0 Å². The fourth-order valence-corrected chi connectivity index (χ4v) is 2.09. The maximum absolute atomic E-state index is 8.74. The molecule has 4 heteroatoms. The lowest BCUT2D eigenvalue weighted by molar-refractivity contribution is 1.39. The second-order valence-electron chi connectivity index (χ2n) is 2.80. The number of hydrogen-bond donors (Lipinski definition) is 1. The van der Waals surface area contributed by atoms with E-state index < -0.39 is 0 Å². The van der Waals surface area contributed by atoms with Gasteiger partial charge in [0.15, 0.2) is 0 Å². The Hall–Kier alpha value is -1.60. The van der Waals surface area contributed by atoms with E-state index in [1.54, 1.807) is 17.4 Å². The number of rotatable bonds is 0. The number of aromatic nitrogens is 1. The van der Waals surface area contributed by atoms with Crippen molar-refractivity contribution in [2.24, 2.45) is 0 Å². The Labute approximate surface area is 79.4 Å². The van der Waals surface area contributed by atoms with Crippen LogP contribution < -0.4 is 5.73 Å². The van der Waals surface area contributed by atoms with Crippen molar-refractivity contribution >= 4 is 27.4 Å². The summed E-state index contributed by atoms with van der Waals surface area (Å²) in [5.41, 5.74) is 7.17. The smallest absolute Gasteiger partial charge is 0.143 e. The van der Waals surface area contributed by atoms with Gasteiger partial charge in [-0.15, -0.1) is 11.3 Å². The highest BCUT2D eigenvalue weighted by Gasteiger charge is 2.06. The van der Waals surface area contributed by atoms with E-state index in [0.29, 0.717) is 11.4 Å². The Kier molecular flexibility index (Phi) is 1.67. The van der Waals surface area contributed by atoms with E-state index in [0.717, 1.165) is 15.8 Å². The number of anilines is 1. The third-order valence-electron chi connectivity index (χ3n) is 1.91. The van der Waals surface area contributed by atoms with Crippen molar-refractivity contribution in [2.75, 3.05) is 5.73 Å². The van der Waals surface area contributed by atoms with Gasteiger partial charge in [-0.3, -0.25) is 0 Å². The van der Waals surface area contributed by atoms with Crippen LogP contribution in [0.2, 0.25) is 0 Å². The molecule has 0 bridgehead atoms. The van der Waals surface area contributed by atoms with Crippen LogP contribution in [0.4, 0.5) is 5.82 Å². The highest BCUT2D eigenvalue weighted by atomic mass is 32.1. The number of nitrogens with zero attached hydrogens (tertiary/aromatic N) is 2. The number of fused-ring (bicyclic) bond motifs is 1. The summed E-state index contributed by atoms with van der Waals surface area (Å²) >= 11 is 1.55. The largest absolute Gasteiger partial charge is 0.383 e. The molecular weight excluding hydrogens is 182 g/mol. The minimum absolute atomic E-state index is 0.317. The van der Waals surface area contributed by atoms with Gasteiger partial charge in [0.25, 0.3) is 0 Å². The average molecular weight is 189 g/mol. The number of hydrogen-bond acceptors (Lipinski definition) is 4. The molecule has 0 unspecified atom stereocenters. The Morgan fingerprint density at radius 1 is 1.62 bits per heavy atom. The van der Waals surface area contributed by atoms with Gasteiger partial charge >= 0.3 is 0 Å². The van der Waals surface area contributed by atoms with Crippen molar-refractivity contribution in [3.05, 3.63) is 22.6 Å². The summed E-state index contributed by atoms with van der Waals surface area (Å²) in [6.07, 6.45) is 0. The number of nitrogens with two attached hydrogens (primary N) is 1. The molecule has 0 saturated heterocycles. The van der Waals surface area contributed by atoms with E-state index in [1.165, 1.54) is 0 Å². The van der Waals surface area contributed by atoms with Crippen molar-refractivity contribution in [1.29, 1.82) is 5.26 Å². The van der Waals surface area contributed by atoms with Gasteiger partial charge in [0, 0.05) is 5.39 Å². The standard InChI is InChI=1S/C9H7N3S/c1-5-4-13-9-7(5)2-6(3-10)8(11)12-9/h2,4H,1H3,(H2,11,12). The molecule has 0 aromatic carbocycles. The molecule has 0 saturated carbocycles. The SMILES string of the molecule is Cc1csc2nc(N)c(C#N)cc12. The monoisotopic (exact) mass is 189 g/mol. The Morgan fingerprint density at radius 2 is 2.38 bits per heavy atom. The summed E-state index contributed by atoms with van der Waals surface area (Å²) in [7, 11) is 0. The summed E-state index contributed by atoms with van der Waals surface area (Å²) in [5.74, 6) is 0.317. The molecule has 2 heterocycles. The number of pyridine rings is 1. The third-order valence-corrected chi connectivity index (χ3v) is 2.92. The first kappa shape index (κ1) is 8.02. The molecule has 2 aromatic rings. The predicted molar refractivity (Wildman–Crippen MR) is 53.5 cm³/mol. The lowest BCUT2D eigenvalue weighted by Gasteiger charge is -1.96. The van der Waals surface area contributed by atoms with Crippen LogP contribution in [0.5, 0.6) is 0 Å². The van der Waals surface area contributed by atoms with Gasteiger partial charge in [-0.25, -0.2) is 4.98 Å². The van der Waals surface area contributed by atoms with Gasteiger partial charge in [-0.05, 0) is 23.9 Å². The minimum atomic E-state index is 0.317. The Morgan fingerprint density at radius 3 is 3.08 bits per heavy atom. The van der Waals surface area contributed by atoms with Crippen molar-refractivity contribution in [3.8, 4) is 6.07 Å². The van der Waals surface area contributed by atoms with Crippen molar-refractivity contribution < 1.29 is 0 Å². The Balaban J connectivity index is 2.86. The fraction of sp³-hybridized carbons (Fsp3) is 0.111. The quantitative estimate of drug-likeness (QED) is 0.690. The first-order valence-electron chi connectivity index (χ1n) is 3.77. The summed E-state index contributed by atoms with van der Waals surface area (Å²) < 4.78 is 0. The van der Waals surface area contributed by atoms with E-state index in [2.05, 4.69) is 4.98 Å². The maximum Gasteiger partial charge on any atom is 0.143 e. The molecule has 0 amide bonds. The molecule has 0 radical (unpaired) electrons. The number of aryl methyl sites for hydroxylation is 1. The third kappa shape index (κ3) is 1.14. The number of nitrogen functional groups attached to an aromatic ring is 1. The first-order chi connectivity index (χ1) is 6.22. The summed E-state index contributed by atoms with van der Waals surface area (Å²) in [6.45, 7) is 2.00. The average Bonchev–Trinajstić information content (AvgIpc) is 2.46. The van der Waals surface area contributed by atoms with E-state index in [9.17, 15) is 0 Å². The molecule has 0 spiro atoms. The normalized spacial score (nSPS) is 10.2. The molecule has 0 aliphatic rings. The molecule has 2 rings (SSSR count). The van der Waals surface area contributed by atoms with Gasteiger partial charge in [0.1, 0.15) is 16.7 Å². The van der Waals surface area contributed by atoms with Crippen LogP contribution in [0, 0.1) is 18.3 Å². The highest BCUT2D eigenvalue weighted by molar-refractivity contribution is 7.16. The lowest BCUT2D eigenvalue weighted by atomic mass is 10.2. The van der Waals surface area contributed by atoms with Crippen molar-refractivity contribution in [3.63, 3.8) is 0 Å². The van der Waals surface area contributed by atoms with Crippen molar-refractivity contribution in [2.45, 2.75) is 6.92 Å². The highest BCUT2D eigenvalue weighted by Crippen LogP contribution is 2.26. The fourth-order valence-electron chi connectivity index (χ4n) is 1.18. The van der Waals surface area contributed by atoms with E-state index in [1.807, 2.05) is 18.4 Å². The number of thiophene rings is 1. The second kappa shape index (κ2) is 2.71. The van der Waals surface area contributed by atoms with Crippen LogP contribution >= 0.6 is 11.3 Å². The Bertz CT molecular complexity index is 507. The van der Waals surface area contributed by atoms with Crippen LogP contribution in [-0.2, 0) is 0 Å². The van der Waals surface area contributed by atoms with Gasteiger partial charge in [-0.1, -0.05) is 0 Å². The minimum Gasteiger partial charge on any atom is -0.383 e. The zero-order valence-corrected chi connectivity index (χ0v) is 7.85. The van der Waals surface area contributed by atoms with Crippen LogP contribution in [0.3, 0.4) is 0 Å². The van der Waals surface area contributed by atoms with Crippen molar-refractivity contribution in [1.82, 2.24) is 4.98 Å². The molecule has 13 heavy (non-hydrogen) atoms. The molecule has 2 aromatic heterocycles. The molecule has 0 aliphatic carbocycles. The topological polar surface area (TPSA) is 62.7 Å². The predicted octanol–water partition coefficient (Wildman–Crippen LogP) is 2.06. The maximum atomic E-state index is 8.74. The number of nitriles is 1. The lowest BCUT2D eigenvalue weighted by Crippen LogP contribution is -1.93. The van der Waals surface area contributed by atoms with Crippen LogP contribution in [0.1, 0.15) is 11.1 Å².